The number of halogens is 2. The van der Waals surface area contributed by atoms with Gasteiger partial charge in [-0.05, 0) is 12.8 Å². The van der Waals surface area contributed by atoms with E-state index in [1.807, 2.05) is 5.38 Å². The first-order valence-electron chi connectivity index (χ1n) is 6.12. The summed E-state index contributed by atoms with van der Waals surface area (Å²) < 4.78 is 31.8. The summed E-state index contributed by atoms with van der Waals surface area (Å²) in [5, 5.41) is 6.24. The van der Waals surface area contributed by atoms with Gasteiger partial charge in [0, 0.05) is 23.5 Å². The molecule has 0 amide bonds. The van der Waals surface area contributed by atoms with Crippen LogP contribution in [-0.4, -0.2) is 37.1 Å². The Morgan fingerprint density at radius 2 is 2.22 bits per heavy atom. The molecule has 1 aliphatic heterocycles. The molecule has 3 nitrogen and oxygen atoms in total. The summed E-state index contributed by atoms with van der Waals surface area (Å²) in [6.07, 6.45) is 2.62. The van der Waals surface area contributed by atoms with Crippen molar-refractivity contribution in [2.45, 2.75) is 24.5 Å². The number of hydrogen-bond donors (Lipinski definition) is 1. The van der Waals surface area contributed by atoms with Crippen LogP contribution in [0.1, 0.15) is 23.9 Å². The average Bonchev–Trinajstić information content (AvgIpc) is 2.89. The van der Waals surface area contributed by atoms with Gasteiger partial charge in [-0.15, -0.1) is 11.3 Å². The van der Waals surface area contributed by atoms with Crippen LogP contribution in [0.5, 0.6) is 0 Å². The van der Waals surface area contributed by atoms with E-state index in [-0.39, 0.29) is 6.04 Å². The summed E-state index contributed by atoms with van der Waals surface area (Å²) in [5.74, 6) is 0. The molecule has 6 heteroatoms. The van der Waals surface area contributed by atoms with Crippen molar-refractivity contribution in [2.24, 2.45) is 5.41 Å². The standard InChI is InChI=1S/C12H16F2N2OS/c13-7-11(8-14)5-12(6-11)9(15-1-3-17-12)10-16-2-4-18-10/h2,4,9,15H,1,3,5-8H2. The van der Waals surface area contributed by atoms with Crippen LogP contribution in [0.4, 0.5) is 8.78 Å². The molecule has 2 heterocycles. The van der Waals surface area contributed by atoms with Crippen LogP contribution in [0.25, 0.3) is 0 Å². The molecule has 1 aromatic rings. The van der Waals surface area contributed by atoms with E-state index in [9.17, 15) is 8.78 Å². The van der Waals surface area contributed by atoms with Crippen LogP contribution in [-0.2, 0) is 4.74 Å². The third-order valence-electron chi connectivity index (χ3n) is 3.98. The summed E-state index contributed by atoms with van der Waals surface area (Å²) in [4.78, 5) is 4.31. The summed E-state index contributed by atoms with van der Waals surface area (Å²) in [7, 11) is 0. The number of ether oxygens (including phenoxy) is 1. The average molecular weight is 274 g/mol. The zero-order chi connectivity index (χ0) is 12.6. The molecule has 1 aromatic heterocycles. The summed E-state index contributed by atoms with van der Waals surface area (Å²) in [6.45, 7) is 0.124. The van der Waals surface area contributed by atoms with Gasteiger partial charge in [-0.25, -0.2) is 4.98 Å². The third kappa shape index (κ3) is 1.78. The molecular formula is C12H16F2N2OS. The van der Waals surface area contributed by atoms with Crippen molar-refractivity contribution in [3.63, 3.8) is 0 Å². The predicted octanol–water partition coefficient (Wildman–Crippen LogP) is 2.26. The lowest BCUT2D eigenvalue weighted by Gasteiger charge is -2.58. The maximum absolute atomic E-state index is 13.0. The van der Waals surface area contributed by atoms with E-state index >= 15 is 0 Å². The van der Waals surface area contributed by atoms with Crippen LogP contribution in [0.3, 0.4) is 0 Å². The van der Waals surface area contributed by atoms with Crippen molar-refractivity contribution in [1.29, 1.82) is 0 Å². The quantitative estimate of drug-likeness (QED) is 0.918. The van der Waals surface area contributed by atoms with Crippen molar-refractivity contribution in [2.75, 3.05) is 26.5 Å². The Morgan fingerprint density at radius 3 is 2.83 bits per heavy atom. The van der Waals surface area contributed by atoms with Crippen LogP contribution >= 0.6 is 11.3 Å². The fraction of sp³-hybridized carbons (Fsp3) is 0.750. The molecule has 0 aromatic carbocycles. The van der Waals surface area contributed by atoms with Gasteiger partial charge in [0.05, 0.1) is 31.6 Å². The number of hydrogen-bond acceptors (Lipinski definition) is 4. The first-order valence-corrected chi connectivity index (χ1v) is 7.00. The van der Waals surface area contributed by atoms with E-state index in [1.54, 1.807) is 17.5 Å². The fourth-order valence-electron chi connectivity index (χ4n) is 3.16. The second-order valence-corrected chi connectivity index (χ2v) is 6.22. The number of aromatic nitrogens is 1. The highest BCUT2D eigenvalue weighted by atomic mass is 32.1. The van der Waals surface area contributed by atoms with Gasteiger partial charge in [0.25, 0.3) is 0 Å². The van der Waals surface area contributed by atoms with Crippen molar-refractivity contribution in [1.82, 2.24) is 10.3 Å². The Bertz CT molecular complexity index is 400. The first-order chi connectivity index (χ1) is 8.74. The molecule has 1 unspecified atom stereocenters. The second kappa shape index (κ2) is 4.51. The molecule has 0 radical (unpaired) electrons. The highest BCUT2D eigenvalue weighted by Gasteiger charge is 2.61. The number of morpholine rings is 1. The van der Waals surface area contributed by atoms with Crippen molar-refractivity contribution < 1.29 is 13.5 Å². The largest absolute Gasteiger partial charge is 0.372 e. The number of nitrogens with one attached hydrogen (secondary N) is 1. The maximum Gasteiger partial charge on any atom is 0.112 e. The van der Waals surface area contributed by atoms with E-state index in [0.717, 1.165) is 11.6 Å². The molecule has 100 valence electrons. The first kappa shape index (κ1) is 12.4. The molecule has 1 spiro atoms. The molecule has 18 heavy (non-hydrogen) atoms. The minimum absolute atomic E-state index is 0.0301. The van der Waals surface area contributed by atoms with E-state index in [4.69, 9.17) is 4.74 Å². The molecular weight excluding hydrogens is 258 g/mol. The topological polar surface area (TPSA) is 34.1 Å². The minimum Gasteiger partial charge on any atom is -0.372 e. The molecule has 1 N–H and O–H groups in total. The van der Waals surface area contributed by atoms with Gasteiger partial charge in [-0.3, -0.25) is 8.78 Å². The van der Waals surface area contributed by atoms with Crippen molar-refractivity contribution in [3.05, 3.63) is 16.6 Å². The maximum atomic E-state index is 13.0. The molecule has 1 saturated heterocycles. The van der Waals surface area contributed by atoms with Crippen molar-refractivity contribution in [3.8, 4) is 0 Å². The molecule has 1 saturated carbocycles. The normalized spacial score (nSPS) is 29.1. The van der Waals surface area contributed by atoms with Crippen LogP contribution in [0.15, 0.2) is 11.6 Å². The molecule has 1 atom stereocenters. The van der Waals surface area contributed by atoms with Gasteiger partial charge < -0.3 is 10.1 Å². The molecule has 3 rings (SSSR count). The fourth-order valence-corrected chi connectivity index (χ4v) is 3.98. The Balaban J connectivity index is 1.82. The zero-order valence-electron chi connectivity index (χ0n) is 9.99. The molecule has 2 aliphatic rings. The van der Waals surface area contributed by atoms with Gasteiger partial charge in [-0.2, -0.15) is 0 Å². The number of rotatable bonds is 3. The predicted molar refractivity (Wildman–Crippen MR) is 65.2 cm³/mol. The highest BCUT2D eigenvalue weighted by Crippen LogP contribution is 2.57. The zero-order valence-corrected chi connectivity index (χ0v) is 10.8. The molecule has 0 bridgehead atoms. The van der Waals surface area contributed by atoms with E-state index in [1.165, 1.54) is 0 Å². The minimum atomic E-state index is -0.825. The smallest absolute Gasteiger partial charge is 0.112 e. The highest BCUT2D eigenvalue weighted by molar-refractivity contribution is 7.09. The number of alkyl halides is 2. The van der Waals surface area contributed by atoms with Gasteiger partial charge in [-0.1, -0.05) is 0 Å². The lowest BCUT2D eigenvalue weighted by Crippen LogP contribution is -2.64. The van der Waals surface area contributed by atoms with Gasteiger partial charge in [0.2, 0.25) is 0 Å². The van der Waals surface area contributed by atoms with E-state index in [2.05, 4.69) is 10.3 Å². The summed E-state index contributed by atoms with van der Waals surface area (Å²) >= 11 is 1.56. The number of thiazole rings is 1. The summed E-state index contributed by atoms with van der Waals surface area (Å²) in [6, 6.07) is -0.0301. The lowest BCUT2D eigenvalue weighted by atomic mass is 9.57. The van der Waals surface area contributed by atoms with E-state index < -0.39 is 24.4 Å². The Labute approximate surface area is 109 Å². The van der Waals surface area contributed by atoms with Crippen LogP contribution in [0, 0.1) is 5.41 Å². The SMILES string of the molecule is FCC1(CF)CC2(C1)OCCNC2c1nccs1. The Kier molecular flexibility index (Phi) is 3.11. The Hall–Kier alpha value is -0.590. The van der Waals surface area contributed by atoms with Crippen molar-refractivity contribution >= 4 is 11.3 Å². The van der Waals surface area contributed by atoms with E-state index in [0.29, 0.717) is 19.4 Å². The second-order valence-electron chi connectivity index (χ2n) is 5.29. The van der Waals surface area contributed by atoms with Gasteiger partial charge in [0.15, 0.2) is 0 Å². The Morgan fingerprint density at radius 1 is 1.44 bits per heavy atom. The van der Waals surface area contributed by atoms with Gasteiger partial charge in [0.1, 0.15) is 5.01 Å². The molecule has 1 aliphatic carbocycles. The lowest BCUT2D eigenvalue weighted by molar-refractivity contribution is -0.213. The van der Waals surface area contributed by atoms with Crippen LogP contribution < -0.4 is 5.32 Å². The van der Waals surface area contributed by atoms with Gasteiger partial charge >= 0.3 is 0 Å². The third-order valence-corrected chi connectivity index (χ3v) is 4.82. The summed E-state index contributed by atoms with van der Waals surface area (Å²) in [5.41, 5.74) is -1.29. The monoisotopic (exact) mass is 274 g/mol. The number of nitrogens with zero attached hydrogens (tertiary/aromatic N) is 1. The van der Waals surface area contributed by atoms with Crippen LogP contribution in [0.2, 0.25) is 0 Å². The molecule has 2 fully saturated rings.